The molecule has 24 heavy (non-hydrogen) atoms. The van der Waals surface area contributed by atoms with E-state index in [0.29, 0.717) is 17.0 Å². The summed E-state index contributed by atoms with van der Waals surface area (Å²) in [5, 5.41) is 10.5. The number of aromatic nitrogens is 2. The van der Waals surface area contributed by atoms with Crippen LogP contribution in [0.1, 0.15) is 16.2 Å². The molecule has 1 heterocycles. The van der Waals surface area contributed by atoms with E-state index in [1.807, 2.05) is 31.2 Å². The second-order valence-electron chi connectivity index (χ2n) is 5.05. The Bertz CT molecular complexity index is 892. The quantitative estimate of drug-likeness (QED) is 0.729. The normalized spacial score (nSPS) is 10.5. The topological polar surface area (TPSA) is 77.2 Å². The van der Waals surface area contributed by atoms with Gasteiger partial charge >= 0.3 is 11.8 Å². The van der Waals surface area contributed by atoms with Crippen LogP contribution in [0.5, 0.6) is 5.75 Å². The molecule has 6 nitrogen and oxygen atoms in total. The molecule has 3 aromatic rings. The van der Waals surface area contributed by atoms with E-state index in [1.165, 1.54) is 0 Å². The van der Waals surface area contributed by atoms with Crippen LogP contribution >= 0.6 is 15.9 Å². The fourth-order valence-corrected chi connectivity index (χ4v) is 2.73. The van der Waals surface area contributed by atoms with Crippen LogP contribution in [-0.4, -0.2) is 23.2 Å². The second kappa shape index (κ2) is 6.84. The lowest BCUT2D eigenvalue weighted by Gasteiger charge is -2.06. The molecular weight excluding hydrogens is 374 g/mol. The molecule has 122 valence electrons. The Morgan fingerprint density at radius 1 is 1.21 bits per heavy atom. The van der Waals surface area contributed by atoms with Crippen LogP contribution in [0.2, 0.25) is 0 Å². The van der Waals surface area contributed by atoms with Gasteiger partial charge in [0.2, 0.25) is 0 Å². The minimum atomic E-state index is -0.479. The Balaban J connectivity index is 1.83. The number of aryl methyl sites for hydroxylation is 1. The summed E-state index contributed by atoms with van der Waals surface area (Å²) in [5.41, 5.74) is 2.34. The molecule has 0 aliphatic carbocycles. The molecule has 0 radical (unpaired) electrons. The van der Waals surface area contributed by atoms with E-state index in [4.69, 9.17) is 9.15 Å². The first-order valence-corrected chi connectivity index (χ1v) is 7.92. The van der Waals surface area contributed by atoms with Crippen molar-refractivity contribution in [1.29, 1.82) is 0 Å². The van der Waals surface area contributed by atoms with Crippen LogP contribution in [0.3, 0.4) is 0 Å². The van der Waals surface area contributed by atoms with Gasteiger partial charge in [-0.25, -0.2) is 0 Å². The van der Waals surface area contributed by atoms with Gasteiger partial charge in [-0.1, -0.05) is 18.2 Å². The summed E-state index contributed by atoms with van der Waals surface area (Å²) in [7, 11) is 1.55. The molecular formula is C17H14BrN3O3. The summed E-state index contributed by atoms with van der Waals surface area (Å²) in [6.45, 7) is 1.97. The number of amides is 1. The van der Waals surface area contributed by atoms with Crippen LogP contribution in [0.25, 0.3) is 11.5 Å². The summed E-state index contributed by atoms with van der Waals surface area (Å²) in [6, 6.07) is 12.8. The molecule has 0 fully saturated rings. The number of carbonyl (C=O) groups is 1. The SMILES string of the molecule is COc1ccccc1-c1nnc(C(=O)Nc2ccc(C)cc2Br)o1. The van der Waals surface area contributed by atoms with Crippen LogP contribution in [0.15, 0.2) is 51.4 Å². The van der Waals surface area contributed by atoms with Gasteiger partial charge in [0.1, 0.15) is 5.75 Å². The minimum Gasteiger partial charge on any atom is -0.496 e. The van der Waals surface area contributed by atoms with Gasteiger partial charge in [0, 0.05) is 4.47 Å². The number of ether oxygens (including phenoxy) is 1. The zero-order valence-corrected chi connectivity index (χ0v) is 14.6. The molecule has 7 heteroatoms. The summed E-state index contributed by atoms with van der Waals surface area (Å²) < 4.78 is 11.5. The van der Waals surface area contributed by atoms with Gasteiger partial charge in [-0.2, -0.15) is 0 Å². The van der Waals surface area contributed by atoms with E-state index < -0.39 is 5.91 Å². The van der Waals surface area contributed by atoms with Crippen LogP contribution < -0.4 is 10.1 Å². The fourth-order valence-electron chi connectivity index (χ4n) is 2.14. The third-order valence-electron chi connectivity index (χ3n) is 3.33. The number of hydrogen-bond acceptors (Lipinski definition) is 5. The smallest absolute Gasteiger partial charge is 0.313 e. The highest BCUT2D eigenvalue weighted by Gasteiger charge is 2.18. The van der Waals surface area contributed by atoms with Crippen molar-refractivity contribution in [3.8, 4) is 17.2 Å². The van der Waals surface area contributed by atoms with Crippen LogP contribution in [0.4, 0.5) is 5.69 Å². The average molecular weight is 388 g/mol. The fraction of sp³-hybridized carbons (Fsp3) is 0.118. The number of nitrogens with zero attached hydrogens (tertiary/aromatic N) is 2. The van der Waals surface area contributed by atoms with Gasteiger partial charge in [-0.15, -0.1) is 10.2 Å². The zero-order chi connectivity index (χ0) is 17.1. The number of rotatable bonds is 4. The van der Waals surface area contributed by atoms with Gasteiger partial charge in [-0.05, 0) is 52.7 Å². The number of anilines is 1. The van der Waals surface area contributed by atoms with Crippen molar-refractivity contribution in [2.24, 2.45) is 0 Å². The molecule has 1 amide bonds. The Morgan fingerprint density at radius 3 is 2.75 bits per heavy atom. The van der Waals surface area contributed by atoms with Crippen molar-refractivity contribution >= 4 is 27.5 Å². The van der Waals surface area contributed by atoms with Gasteiger partial charge in [0.15, 0.2) is 0 Å². The largest absolute Gasteiger partial charge is 0.496 e. The van der Waals surface area contributed by atoms with E-state index in [0.717, 1.165) is 10.0 Å². The summed E-state index contributed by atoms with van der Waals surface area (Å²) in [4.78, 5) is 12.3. The second-order valence-corrected chi connectivity index (χ2v) is 5.90. The molecule has 0 aliphatic heterocycles. The molecule has 0 atom stereocenters. The Hall–Kier alpha value is -2.67. The van der Waals surface area contributed by atoms with E-state index in [1.54, 1.807) is 25.3 Å². The first-order chi connectivity index (χ1) is 11.6. The lowest BCUT2D eigenvalue weighted by atomic mass is 10.2. The van der Waals surface area contributed by atoms with Crippen molar-refractivity contribution in [3.05, 3.63) is 58.4 Å². The van der Waals surface area contributed by atoms with E-state index in [2.05, 4.69) is 31.4 Å². The van der Waals surface area contributed by atoms with Crippen molar-refractivity contribution in [2.45, 2.75) is 6.92 Å². The maximum absolute atomic E-state index is 12.3. The van der Waals surface area contributed by atoms with E-state index in [-0.39, 0.29) is 11.8 Å². The minimum absolute atomic E-state index is 0.122. The Labute approximate surface area is 147 Å². The summed E-state index contributed by atoms with van der Waals surface area (Å²) in [6.07, 6.45) is 0. The lowest BCUT2D eigenvalue weighted by Crippen LogP contribution is -2.12. The summed E-state index contributed by atoms with van der Waals surface area (Å²) in [5.74, 6) is 0.214. The maximum Gasteiger partial charge on any atom is 0.313 e. The van der Waals surface area contributed by atoms with Crippen molar-refractivity contribution in [2.75, 3.05) is 12.4 Å². The highest BCUT2D eigenvalue weighted by molar-refractivity contribution is 9.10. The van der Waals surface area contributed by atoms with Gasteiger partial charge in [-0.3, -0.25) is 4.79 Å². The highest BCUT2D eigenvalue weighted by atomic mass is 79.9. The van der Waals surface area contributed by atoms with Crippen LogP contribution in [0, 0.1) is 6.92 Å². The maximum atomic E-state index is 12.3. The number of para-hydroxylation sites is 1. The first kappa shape index (κ1) is 16.2. The molecule has 0 saturated heterocycles. The van der Waals surface area contributed by atoms with Crippen molar-refractivity contribution < 1.29 is 13.9 Å². The molecule has 0 bridgehead atoms. The molecule has 1 aromatic heterocycles. The number of hydrogen-bond donors (Lipinski definition) is 1. The van der Waals surface area contributed by atoms with E-state index >= 15 is 0 Å². The van der Waals surface area contributed by atoms with Gasteiger partial charge < -0.3 is 14.5 Å². The molecule has 0 aliphatic rings. The average Bonchev–Trinajstić information content (AvgIpc) is 3.07. The predicted molar refractivity (Wildman–Crippen MR) is 93.1 cm³/mol. The number of methoxy groups -OCH3 is 1. The molecule has 1 N–H and O–H groups in total. The van der Waals surface area contributed by atoms with Gasteiger partial charge in [0.05, 0.1) is 18.4 Å². The number of benzene rings is 2. The molecule has 0 unspecified atom stereocenters. The standard InChI is InChI=1S/C17H14BrN3O3/c1-10-7-8-13(12(18)9-10)19-15(22)17-21-20-16(24-17)11-5-3-4-6-14(11)23-2/h3-9H,1-2H3,(H,19,22). The number of nitrogens with one attached hydrogen (secondary N) is 1. The van der Waals surface area contributed by atoms with Crippen molar-refractivity contribution in [3.63, 3.8) is 0 Å². The van der Waals surface area contributed by atoms with E-state index in [9.17, 15) is 4.79 Å². The molecule has 3 rings (SSSR count). The monoisotopic (exact) mass is 387 g/mol. The molecule has 2 aromatic carbocycles. The number of carbonyl (C=O) groups excluding carboxylic acids is 1. The molecule has 0 saturated carbocycles. The predicted octanol–water partition coefficient (Wildman–Crippen LogP) is 4.07. The lowest BCUT2D eigenvalue weighted by molar-refractivity contribution is 0.0990. The number of halogens is 1. The van der Waals surface area contributed by atoms with Crippen LogP contribution in [-0.2, 0) is 0 Å². The Kier molecular flexibility index (Phi) is 4.61. The highest BCUT2D eigenvalue weighted by Crippen LogP contribution is 2.29. The third-order valence-corrected chi connectivity index (χ3v) is 3.99. The summed E-state index contributed by atoms with van der Waals surface area (Å²) >= 11 is 3.41. The zero-order valence-electron chi connectivity index (χ0n) is 13.0. The third kappa shape index (κ3) is 3.30. The van der Waals surface area contributed by atoms with Gasteiger partial charge in [0.25, 0.3) is 5.89 Å². The molecule has 0 spiro atoms. The first-order valence-electron chi connectivity index (χ1n) is 7.13. The Morgan fingerprint density at radius 2 is 2.00 bits per heavy atom. The van der Waals surface area contributed by atoms with Crippen molar-refractivity contribution in [1.82, 2.24) is 10.2 Å².